The topological polar surface area (TPSA) is 32.3 Å². The van der Waals surface area contributed by atoms with E-state index in [1.54, 1.807) is 0 Å². The second-order valence-corrected chi connectivity index (χ2v) is 3.65. The van der Waals surface area contributed by atoms with E-state index in [0.29, 0.717) is 0 Å². The van der Waals surface area contributed by atoms with E-state index < -0.39 is 0 Å². The predicted molar refractivity (Wildman–Crippen MR) is 52.5 cm³/mol. The van der Waals surface area contributed by atoms with Gasteiger partial charge in [0, 0.05) is 3.57 Å². The lowest BCUT2D eigenvalue weighted by Crippen LogP contribution is -2.12. The minimum atomic E-state index is 0.00437. The van der Waals surface area contributed by atoms with Crippen molar-refractivity contribution in [3.8, 4) is 0 Å². The first-order valence-corrected chi connectivity index (χ1v) is 4.47. The van der Waals surface area contributed by atoms with Gasteiger partial charge < -0.3 is 5.21 Å². The molecule has 0 bridgehead atoms. The van der Waals surface area contributed by atoms with Crippen LogP contribution in [0.15, 0.2) is 24.3 Å². The van der Waals surface area contributed by atoms with E-state index in [1.165, 1.54) is 3.57 Å². The van der Waals surface area contributed by atoms with Crippen LogP contribution in [0.3, 0.4) is 0 Å². The summed E-state index contributed by atoms with van der Waals surface area (Å²) in [6, 6.07) is 8.02. The fraction of sp³-hybridized carbons (Fsp3) is 0.250. The number of hydrogen-bond donors (Lipinski definition) is 2. The minimum absolute atomic E-state index is 0.00437. The van der Waals surface area contributed by atoms with Crippen LogP contribution in [0, 0.1) is 3.57 Å². The van der Waals surface area contributed by atoms with Crippen molar-refractivity contribution in [2.24, 2.45) is 0 Å². The lowest BCUT2D eigenvalue weighted by Gasteiger charge is -2.08. The van der Waals surface area contributed by atoms with Gasteiger partial charge in [0.25, 0.3) is 0 Å². The second kappa shape index (κ2) is 4.04. The summed E-state index contributed by atoms with van der Waals surface area (Å²) in [4.78, 5) is 0. The van der Waals surface area contributed by atoms with Gasteiger partial charge in [-0.2, -0.15) is 5.48 Å². The monoisotopic (exact) mass is 263 g/mol. The van der Waals surface area contributed by atoms with Crippen LogP contribution in [-0.2, 0) is 0 Å². The Balaban J connectivity index is 2.86. The first-order valence-electron chi connectivity index (χ1n) is 3.39. The Labute approximate surface area is 79.7 Å². The summed E-state index contributed by atoms with van der Waals surface area (Å²) < 4.78 is 1.18. The molecule has 1 rings (SSSR count). The largest absolute Gasteiger partial charge is 0.316 e. The summed E-state index contributed by atoms with van der Waals surface area (Å²) in [5.41, 5.74) is 3.30. The summed E-state index contributed by atoms with van der Waals surface area (Å²) >= 11 is 2.25. The van der Waals surface area contributed by atoms with Gasteiger partial charge >= 0.3 is 0 Å². The molecule has 0 amide bonds. The third kappa shape index (κ3) is 2.43. The number of nitrogens with one attached hydrogen (secondary N) is 1. The van der Waals surface area contributed by atoms with Crippen LogP contribution >= 0.6 is 22.6 Å². The van der Waals surface area contributed by atoms with E-state index >= 15 is 0 Å². The summed E-state index contributed by atoms with van der Waals surface area (Å²) in [7, 11) is 0. The van der Waals surface area contributed by atoms with E-state index in [1.807, 2.05) is 31.2 Å². The molecule has 0 saturated carbocycles. The van der Waals surface area contributed by atoms with Crippen molar-refractivity contribution in [3.05, 3.63) is 33.4 Å². The zero-order chi connectivity index (χ0) is 8.27. The third-order valence-corrected chi connectivity index (χ3v) is 2.21. The zero-order valence-electron chi connectivity index (χ0n) is 6.21. The molecule has 2 nitrogen and oxygen atoms in total. The van der Waals surface area contributed by atoms with Gasteiger partial charge in [0.05, 0.1) is 6.04 Å². The van der Waals surface area contributed by atoms with Crippen LogP contribution in [0.4, 0.5) is 0 Å². The summed E-state index contributed by atoms with van der Waals surface area (Å²) in [5, 5.41) is 8.63. The Kier molecular flexibility index (Phi) is 3.29. The number of hydroxylamine groups is 1. The maximum Gasteiger partial charge on any atom is 0.0541 e. The van der Waals surface area contributed by atoms with Crippen molar-refractivity contribution in [3.63, 3.8) is 0 Å². The molecule has 3 heteroatoms. The molecular formula is C8H10INO. The van der Waals surface area contributed by atoms with Crippen LogP contribution in [0.2, 0.25) is 0 Å². The van der Waals surface area contributed by atoms with Crippen molar-refractivity contribution in [1.29, 1.82) is 0 Å². The molecule has 1 aromatic rings. The Morgan fingerprint density at radius 2 is 2.27 bits per heavy atom. The highest BCUT2D eigenvalue weighted by atomic mass is 127. The van der Waals surface area contributed by atoms with Crippen LogP contribution in [0.5, 0.6) is 0 Å². The fourth-order valence-electron chi connectivity index (χ4n) is 0.850. The van der Waals surface area contributed by atoms with Crippen molar-refractivity contribution < 1.29 is 5.21 Å². The summed E-state index contributed by atoms with van der Waals surface area (Å²) in [5.74, 6) is 0. The first-order chi connectivity index (χ1) is 5.24. The van der Waals surface area contributed by atoms with Gasteiger partial charge in [-0.25, -0.2) is 0 Å². The Morgan fingerprint density at radius 3 is 2.82 bits per heavy atom. The van der Waals surface area contributed by atoms with Crippen molar-refractivity contribution >= 4 is 22.6 Å². The van der Waals surface area contributed by atoms with E-state index in [9.17, 15) is 0 Å². The smallest absolute Gasteiger partial charge is 0.0541 e. The molecule has 0 aliphatic carbocycles. The predicted octanol–water partition coefficient (Wildman–Crippen LogP) is 2.33. The molecule has 2 N–H and O–H groups in total. The molecule has 1 aromatic carbocycles. The molecule has 0 heterocycles. The number of rotatable bonds is 2. The molecule has 0 aliphatic heterocycles. The molecular weight excluding hydrogens is 253 g/mol. The van der Waals surface area contributed by atoms with Crippen LogP contribution in [0.1, 0.15) is 18.5 Å². The number of benzene rings is 1. The zero-order valence-corrected chi connectivity index (χ0v) is 8.37. The Hall–Kier alpha value is -0.130. The molecule has 11 heavy (non-hydrogen) atoms. The van der Waals surface area contributed by atoms with E-state index in [0.717, 1.165) is 5.56 Å². The third-order valence-electron chi connectivity index (χ3n) is 1.54. The summed E-state index contributed by atoms with van der Waals surface area (Å²) in [6.45, 7) is 1.91. The Morgan fingerprint density at radius 1 is 1.55 bits per heavy atom. The molecule has 0 radical (unpaired) electrons. The molecule has 1 unspecified atom stereocenters. The van der Waals surface area contributed by atoms with E-state index in [2.05, 4.69) is 28.1 Å². The average Bonchev–Trinajstić information content (AvgIpc) is 2.03. The molecule has 0 saturated heterocycles. The average molecular weight is 263 g/mol. The standard InChI is InChI=1S/C8H10INO/c1-6(10-11)7-3-2-4-8(9)5-7/h2-6,10-11H,1H3. The second-order valence-electron chi connectivity index (χ2n) is 2.41. The lowest BCUT2D eigenvalue weighted by molar-refractivity contribution is 0.133. The molecule has 0 fully saturated rings. The normalized spacial score (nSPS) is 13.0. The highest BCUT2D eigenvalue weighted by Crippen LogP contribution is 2.14. The lowest BCUT2D eigenvalue weighted by atomic mass is 10.1. The highest BCUT2D eigenvalue weighted by molar-refractivity contribution is 14.1. The number of hydrogen-bond acceptors (Lipinski definition) is 2. The van der Waals surface area contributed by atoms with Crippen LogP contribution in [-0.4, -0.2) is 5.21 Å². The van der Waals surface area contributed by atoms with Crippen LogP contribution in [0.25, 0.3) is 0 Å². The van der Waals surface area contributed by atoms with Gasteiger partial charge in [0.1, 0.15) is 0 Å². The van der Waals surface area contributed by atoms with Gasteiger partial charge in [0.2, 0.25) is 0 Å². The quantitative estimate of drug-likeness (QED) is 0.634. The fourth-order valence-corrected chi connectivity index (χ4v) is 1.42. The van der Waals surface area contributed by atoms with Crippen molar-refractivity contribution in [1.82, 2.24) is 5.48 Å². The van der Waals surface area contributed by atoms with Gasteiger partial charge in [-0.05, 0) is 47.2 Å². The van der Waals surface area contributed by atoms with Crippen molar-refractivity contribution in [2.45, 2.75) is 13.0 Å². The molecule has 0 aromatic heterocycles. The number of halogens is 1. The van der Waals surface area contributed by atoms with Gasteiger partial charge in [-0.3, -0.25) is 0 Å². The highest BCUT2D eigenvalue weighted by Gasteiger charge is 2.01. The summed E-state index contributed by atoms with van der Waals surface area (Å²) in [6.07, 6.45) is 0. The molecule has 0 spiro atoms. The van der Waals surface area contributed by atoms with Crippen molar-refractivity contribution in [2.75, 3.05) is 0 Å². The first kappa shape index (κ1) is 8.96. The SMILES string of the molecule is CC(NO)c1cccc(I)c1. The molecule has 0 aliphatic rings. The van der Waals surface area contributed by atoms with Gasteiger partial charge in [-0.15, -0.1) is 0 Å². The Bertz CT molecular complexity index is 239. The van der Waals surface area contributed by atoms with Gasteiger partial charge in [-0.1, -0.05) is 12.1 Å². The molecule has 1 atom stereocenters. The molecule has 60 valence electrons. The maximum absolute atomic E-state index is 8.63. The minimum Gasteiger partial charge on any atom is -0.316 e. The van der Waals surface area contributed by atoms with Crippen LogP contribution < -0.4 is 5.48 Å². The maximum atomic E-state index is 8.63. The van der Waals surface area contributed by atoms with E-state index in [-0.39, 0.29) is 6.04 Å². The van der Waals surface area contributed by atoms with Gasteiger partial charge in [0.15, 0.2) is 0 Å². The van der Waals surface area contributed by atoms with E-state index in [4.69, 9.17) is 5.21 Å².